The average molecular weight is 342 g/mol. The minimum Gasteiger partial charge on any atom is -0.286 e. The first-order valence-electron chi connectivity index (χ1n) is 5.05. The molecule has 0 spiro atoms. The normalized spacial score (nSPS) is 13.6. The van der Waals surface area contributed by atoms with Crippen LogP contribution in [0.4, 0.5) is 0 Å². The van der Waals surface area contributed by atoms with Crippen molar-refractivity contribution in [3.63, 3.8) is 0 Å². The third-order valence-electron chi connectivity index (χ3n) is 1.18. The van der Waals surface area contributed by atoms with E-state index in [0.717, 1.165) is 0 Å². The molecule has 0 fully saturated rings. The Morgan fingerprint density at radius 2 is 1.16 bits per heavy atom. The number of phosphoric acid groups is 1. The summed E-state index contributed by atoms with van der Waals surface area (Å²) in [5.41, 5.74) is 0. The molecule has 0 heterocycles. The zero-order chi connectivity index (χ0) is 15.2. The van der Waals surface area contributed by atoms with E-state index in [1.54, 1.807) is 0 Å². The van der Waals surface area contributed by atoms with E-state index in [1.807, 2.05) is 0 Å². The highest BCUT2D eigenvalue weighted by Crippen LogP contribution is 2.52. The van der Waals surface area contributed by atoms with Crippen LogP contribution < -0.4 is 0 Å². The maximum Gasteiger partial charge on any atom is 0.507 e. The Hall–Kier alpha value is -0.0700. The SMILES string of the molecule is CCOP(=O)(OS(=O)(=O)OCC)OS(=O)(=O)OCC. The summed E-state index contributed by atoms with van der Waals surface area (Å²) in [6.45, 7) is 3.01. The van der Waals surface area contributed by atoms with Crippen molar-refractivity contribution < 1.29 is 42.2 Å². The largest absolute Gasteiger partial charge is 0.507 e. The van der Waals surface area contributed by atoms with E-state index in [-0.39, 0.29) is 19.8 Å². The second-order valence-electron chi connectivity index (χ2n) is 2.64. The van der Waals surface area contributed by atoms with E-state index < -0.39 is 28.6 Å². The molecule has 116 valence electrons. The van der Waals surface area contributed by atoms with Gasteiger partial charge in [-0.2, -0.15) is 16.8 Å². The molecule has 0 N–H and O–H groups in total. The highest BCUT2D eigenvalue weighted by molar-refractivity contribution is 7.90. The highest BCUT2D eigenvalue weighted by atomic mass is 32.3. The van der Waals surface area contributed by atoms with Crippen LogP contribution in [-0.4, -0.2) is 36.7 Å². The predicted octanol–water partition coefficient (Wildman–Crippen LogP) is 0.727. The molecule has 0 aromatic rings. The Kier molecular flexibility index (Phi) is 7.62. The van der Waals surface area contributed by atoms with Crippen LogP contribution in [0.3, 0.4) is 0 Å². The fourth-order valence-corrected chi connectivity index (χ4v) is 4.46. The van der Waals surface area contributed by atoms with Crippen molar-refractivity contribution >= 4 is 28.6 Å². The van der Waals surface area contributed by atoms with Crippen LogP contribution in [0.25, 0.3) is 0 Å². The smallest absolute Gasteiger partial charge is 0.286 e. The van der Waals surface area contributed by atoms with E-state index in [4.69, 9.17) is 0 Å². The summed E-state index contributed by atoms with van der Waals surface area (Å²) in [6.07, 6.45) is 0. The molecule has 0 aliphatic carbocycles. The van der Waals surface area contributed by atoms with Gasteiger partial charge >= 0.3 is 28.6 Å². The van der Waals surface area contributed by atoms with Gasteiger partial charge in [-0.1, -0.05) is 0 Å². The van der Waals surface area contributed by atoms with E-state index in [1.165, 1.54) is 20.8 Å². The molecule has 0 saturated carbocycles. The fraction of sp³-hybridized carbons (Fsp3) is 1.00. The molecule has 0 unspecified atom stereocenters. The standard InChI is InChI=1S/C6H15O10PS2/c1-4-12-17(7,15-18(8,9)13-5-2)16-19(10,11)14-6-3/h4-6H2,1-3H3. The molecule has 0 aromatic carbocycles. The lowest BCUT2D eigenvalue weighted by Crippen LogP contribution is -2.15. The van der Waals surface area contributed by atoms with Crippen molar-refractivity contribution in [1.29, 1.82) is 0 Å². The zero-order valence-corrected chi connectivity index (χ0v) is 13.0. The van der Waals surface area contributed by atoms with Crippen LogP contribution in [-0.2, 0) is 46.2 Å². The first-order valence-corrected chi connectivity index (χ1v) is 9.18. The second-order valence-corrected chi connectivity index (χ2v) is 7.09. The van der Waals surface area contributed by atoms with Gasteiger partial charge in [0.2, 0.25) is 0 Å². The van der Waals surface area contributed by atoms with Gasteiger partial charge in [0.1, 0.15) is 0 Å². The maximum absolute atomic E-state index is 11.8. The molecule has 19 heavy (non-hydrogen) atoms. The van der Waals surface area contributed by atoms with Crippen LogP contribution >= 0.6 is 7.82 Å². The van der Waals surface area contributed by atoms with Crippen molar-refractivity contribution in [3.05, 3.63) is 0 Å². The maximum atomic E-state index is 11.8. The van der Waals surface area contributed by atoms with Gasteiger partial charge in [0, 0.05) is 0 Å². The van der Waals surface area contributed by atoms with Crippen LogP contribution in [0.1, 0.15) is 20.8 Å². The summed E-state index contributed by atoms with van der Waals surface area (Å²) in [7, 11) is -14.4. The van der Waals surface area contributed by atoms with Gasteiger partial charge in [-0.25, -0.2) is 12.9 Å². The van der Waals surface area contributed by atoms with E-state index in [2.05, 4.69) is 20.8 Å². The molecule has 0 saturated heterocycles. The topological polar surface area (TPSA) is 132 Å². The van der Waals surface area contributed by atoms with Crippen molar-refractivity contribution in [2.75, 3.05) is 19.8 Å². The third kappa shape index (κ3) is 7.95. The lowest BCUT2D eigenvalue weighted by molar-refractivity contribution is 0.189. The summed E-state index contributed by atoms with van der Waals surface area (Å²) >= 11 is 0. The fourth-order valence-electron chi connectivity index (χ4n) is 0.769. The minimum atomic E-state index is -4.95. The Morgan fingerprint density at radius 1 is 0.789 bits per heavy atom. The Labute approximate surface area is 112 Å². The minimum absolute atomic E-state index is 0.313. The van der Waals surface area contributed by atoms with E-state index in [0.29, 0.717) is 0 Å². The molecule has 0 aromatic heterocycles. The van der Waals surface area contributed by atoms with Crippen molar-refractivity contribution in [1.82, 2.24) is 0 Å². The van der Waals surface area contributed by atoms with Gasteiger partial charge in [0.15, 0.2) is 0 Å². The number of hydrogen-bond donors (Lipinski definition) is 0. The van der Waals surface area contributed by atoms with Gasteiger partial charge in [-0.3, -0.25) is 4.52 Å². The summed E-state index contributed by atoms with van der Waals surface area (Å²) in [5, 5.41) is 0. The quantitative estimate of drug-likeness (QED) is 0.523. The molecule has 0 bridgehead atoms. The summed E-state index contributed by atoms with van der Waals surface area (Å²) in [4.78, 5) is 0. The number of rotatable bonds is 10. The third-order valence-corrected chi connectivity index (χ3v) is 5.72. The molecular formula is C6H15O10PS2. The second kappa shape index (κ2) is 7.64. The van der Waals surface area contributed by atoms with Crippen LogP contribution in [0.2, 0.25) is 0 Å². The molecule has 0 aliphatic heterocycles. The Bertz CT molecular complexity index is 466. The molecule has 10 nitrogen and oxygen atoms in total. The van der Waals surface area contributed by atoms with Crippen LogP contribution in [0.5, 0.6) is 0 Å². The molecule has 0 aliphatic rings. The van der Waals surface area contributed by atoms with Crippen LogP contribution in [0, 0.1) is 0 Å². The molecule has 13 heteroatoms. The summed E-state index contributed by atoms with van der Waals surface area (Å²) in [5.74, 6) is 0. The Balaban J connectivity index is 5.12. The van der Waals surface area contributed by atoms with Gasteiger partial charge in [-0.05, 0) is 20.8 Å². The van der Waals surface area contributed by atoms with Gasteiger partial charge in [0.05, 0.1) is 19.8 Å². The number of hydrogen-bond acceptors (Lipinski definition) is 10. The molecule has 0 amide bonds. The van der Waals surface area contributed by atoms with Crippen LogP contribution in [0.15, 0.2) is 0 Å². The monoisotopic (exact) mass is 342 g/mol. The molecule has 0 rings (SSSR count). The van der Waals surface area contributed by atoms with Crippen molar-refractivity contribution in [2.24, 2.45) is 0 Å². The first-order chi connectivity index (χ1) is 8.60. The summed E-state index contributed by atoms with van der Waals surface area (Å²) in [6, 6.07) is 0. The van der Waals surface area contributed by atoms with Gasteiger partial charge in [-0.15, -0.1) is 7.94 Å². The highest BCUT2D eigenvalue weighted by Gasteiger charge is 2.40. The Morgan fingerprint density at radius 3 is 1.42 bits per heavy atom. The lowest BCUT2D eigenvalue weighted by atomic mass is 10.9. The molecule has 0 atom stereocenters. The first kappa shape index (κ1) is 18.9. The zero-order valence-electron chi connectivity index (χ0n) is 10.5. The molecule has 0 radical (unpaired) electrons. The van der Waals surface area contributed by atoms with Gasteiger partial charge in [0.25, 0.3) is 0 Å². The summed E-state index contributed by atoms with van der Waals surface area (Å²) < 4.78 is 77.0. The van der Waals surface area contributed by atoms with E-state index in [9.17, 15) is 21.4 Å². The van der Waals surface area contributed by atoms with Crippen molar-refractivity contribution in [3.8, 4) is 0 Å². The van der Waals surface area contributed by atoms with E-state index >= 15 is 0 Å². The van der Waals surface area contributed by atoms with Crippen molar-refractivity contribution in [2.45, 2.75) is 20.8 Å². The lowest BCUT2D eigenvalue weighted by Gasteiger charge is -2.15. The molecular weight excluding hydrogens is 327 g/mol. The average Bonchev–Trinajstić information content (AvgIpc) is 2.13. The van der Waals surface area contributed by atoms with Gasteiger partial charge < -0.3 is 0 Å². The predicted molar refractivity (Wildman–Crippen MR) is 62.5 cm³/mol.